The van der Waals surface area contributed by atoms with Crippen molar-refractivity contribution in [1.82, 2.24) is 0 Å². The van der Waals surface area contributed by atoms with Crippen molar-refractivity contribution in [2.45, 2.75) is 58.3 Å². The van der Waals surface area contributed by atoms with E-state index in [1.54, 1.807) is 12.1 Å². The van der Waals surface area contributed by atoms with Gasteiger partial charge >= 0.3 is 23.9 Å². The monoisotopic (exact) mass is 451 g/mol. The van der Waals surface area contributed by atoms with Gasteiger partial charge in [-0.3, -0.25) is 24.2 Å². The third-order valence-electron chi connectivity index (χ3n) is 4.24. The molecule has 32 heavy (non-hydrogen) atoms. The van der Waals surface area contributed by atoms with Crippen molar-refractivity contribution in [2.24, 2.45) is 4.99 Å². The number of ether oxygens (including phenoxy) is 5. The van der Waals surface area contributed by atoms with Gasteiger partial charge in [0.15, 0.2) is 18.2 Å². The number of rotatable bonds is 7. The fraction of sp³-hybridized carbons (Fsp3) is 0.476. The molecule has 0 aliphatic carbocycles. The lowest BCUT2D eigenvalue weighted by molar-refractivity contribution is -0.266. The van der Waals surface area contributed by atoms with Crippen LogP contribution < -0.4 is 0 Å². The van der Waals surface area contributed by atoms with Crippen molar-refractivity contribution >= 4 is 30.1 Å². The van der Waals surface area contributed by atoms with Crippen molar-refractivity contribution in [2.75, 3.05) is 6.61 Å². The Morgan fingerprint density at radius 1 is 0.906 bits per heavy atom. The molecular formula is C21H25NO10. The molecule has 2 rings (SSSR count). The molecule has 11 heteroatoms. The molecule has 0 radical (unpaired) electrons. The van der Waals surface area contributed by atoms with Gasteiger partial charge in [-0.2, -0.15) is 0 Å². The first-order chi connectivity index (χ1) is 15.1. The predicted octanol–water partition coefficient (Wildman–Crippen LogP) is 0.894. The van der Waals surface area contributed by atoms with Crippen LogP contribution in [0, 0.1) is 0 Å². The molecule has 1 aromatic carbocycles. The Morgan fingerprint density at radius 2 is 1.47 bits per heavy atom. The number of phenols is 1. The van der Waals surface area contributed by atoms with Gasteiger partial charge in [0.2, 0.25) is 6.29 Å². The number of nitrogens with zero attached hydrogens (tertiary/aromatic N) is 1. The number of esters is 4. The van der Waals surface area contributed by atoms with Crippen molar-refractivity contribution < 1.29 is 48.0 Å². The van der Waals surface area contributed by atoms with E-state index in [0.29, 0.717) is 5.56 Å². The topological polar surface area (TPSA) is 147 Å². The maximum Gasteiger partial charge on any atom is 0.305 e. The van der Waals surface area contributed by atoms with Crippen LogP contribution in [0.15, 0.2) is 29.3 Å². The molecule has 0 bridgehead atoms. The van der Waals surface area contributed by atoms with Crippen LogP contribution in [0.1, 0.15) is 33.3 Å². The summed E-state index contributed by atoms with van der Waals surface area (Å²) in [6, 6.07) is 4.94. The summed E-state index contributed by atoms with van der Waals surface area (Å²) in [5.41, 5.74) is 0.581. The summed E-state index contributed by atoms with van der Waals surface area (Å²) in [5, 5.41) is 9.43. The number of carbonyl (C=O) groups excluding carboxylic acids is 4. The van der Waals surface area contributed by atoms with Crippen LogP contribution in [-0.2, 0) is 42.9 Å². The summed E-state index contributed by atoms with van der Waals surface area (Å²) in [6.07, 6.45) is -3.46. The van der Waals surface area contributed by atoms with E-state index in [1.165, 1.54) is 25.3 Å². The van der Waals surface area contributed by atoms with Crippen LogP contribution in [0.4, 0.5) is 0 Å². The average molecular weight is 451 g/mol. The highest BCUT2D eigenvalue weighted by atomic mass is 16.7. The van der Waals surface area contributed by atoms with Crippen molar-refractivity contribution in [1.29, 1.82) is 0 Å². The number of aliphatic imine (C=N–C) groups is 1. The van der Waals surface area contributed by atoms with Crippen LogP contribution in [0.5, 0.6) is 5.75 Å². The van der Waals surface area contributed by atoms with Crippen molar-refractivity contribution in [3.8, 4) is 5.75 Å². The number of hydrogen-bond acceptors (Lipinski definition) is 11. The quantitative estimate of drug-likeness (QED) is 0.360. The summed E-state index contributed by atoms with van der Waals surface area (Å²) < 4.78 is 26.7. The smallest absolute Gasteiger partial charge is 0.305 e. The predicted molar refractivity (Wildman–Crippen MR) is 108 cm³/mol. The molecule has 3 unspecified atom stereocenters. The zero-order chi connectivity index (χ0) is 23.8. The molecule has 0 saturated carbocycles. The van der Waals surface area contributed by atoms with Gasteiger partial charge in [-0.15, -0.1) is 0 Å². The number of carbonyl (C=O) groups is 4. The molecule has 0 amide bonds. The van der Waals surface area contributed by atoms with E-state index in [-0.39, 0.29) is 12.4 Å². The molecule has 1 saturated heterocycles. The third-order valence-corrected chi connectivity index (χ3v) is 4.24. The van der Waals surface area contributed by atoms with Crippen LogP contribution in [-0.4, -0.2) is 72.4 Å². The number of hydrogen-bond donors (Lipinski definition) is 1. The van der Waals surface area contributed by atoms with Gasteiger partial charge in [0, 0.05) is 33.9 Å². The summed E-state index contributed by atoms with van der Waals surface area (Å²) in [4.78, 5) is 50.9. The van der Waals surface area contributed by atoms with E-state index in [2.05, 4.69) is 4.99 Å². The lowest BCUT2D eigenvalue weighted by Gasteiger charge is -2.42. The summed E-state index contributed by atoms with van der Waals surface area (Å²) in [7, 11) is 0. The Hall–Kier alpha value is -3.47. The van der Waals surface area contributed by atoms with Gasteiger partial charge in [0.05, 0.1) is 0 Å². The van der Waals surface area contributed by atoms with E-state index in [0.717, 1.165) is 20.8 Å². The first-order valence-corrected chi connectivity index (χ1v) is 9.69. The summed E-state index contributed by atoms with van der Waals surface area (Å²) in [6.45, 7) is 4.30. The fourth-order valence-electron chi connectivity index (χ4n) is 3.04. The number of benzene rings is 1. The van der Waals surface area contributed by atoms with E-state index in [9.17, 15) is 24.3 Å². The maximum absolute atomic E-state index is 11.8. The second-order valence-electron chi connectivity index (χ2n) is 6.96. The van der Waals surface area contributed by atoms with Crippen LogP contribution in [0.2, 0.25) is 0 Å². The SMILES string of the molecule is CC(=O)OCC1O[C@@H](OC(C)=O)C(/N=C/c2ccc(O)cc2)C(OC(C)=O)[C@@H]1OC(C)=O. The Bertz CT molecular complexity index is 866. The lowest BCUT2D eigenvalue weighted by Crippen LogP contribution is -2.61. The van der Waals surface area contributed by atoms with Crippen molar-refractivity contribution in [3.63, 3.8) is 0 Å². The number of phenolic OH excluding ortho intramolecular Hbond substituents is 1. The standard InChI is InChI=1S/C21H25NO10/c1-11(23)28-10-17-19(29-12(2)24)20(30-13(3)25)18(21(32-17)31-14(4)26)22-9-15-5-7-16(27)8-6-15/h5-9,17-21,27H,10H2,1-4H3/b22-9+/t17?,18?,19-,20?,21-/m1/s1. The molecular weight excluding hydrogens is 426 g/mol. The number of aromatic hydroxyl groups is 1. The average Bonchev–Trinajstić information content (AvgIpc) is 2.68. The summed E-state index contributed by atoms with van der Waals surface area (Å²) in [5.74, 6) is -2.65. The molecule has 5 atom stereocenters. The van der Waals surface area contributed by atoms with Gasteiger partial charge in [0.25, 0.3) is 0 Å². The molecule has 0 spiro atoms. The van der Waals surface area contributed by atoms with Gasteiger partial charge < -0.3 is 28.8 Å². The zero-order valence-electron chi connectivity index (χ0n) is 18.0. The largest absolute Gasteiger partial charge is 0.508 e. The molecule has 1 heterocycles. The van der Waals surface area contributed by atoms with Crippen LogP contribution >= 0.6 is 0 Å². The molecule has 174 valence electrons. The van der Waals surface area contributed by atoms with Crippen LogP contribution in [0.3, 0.4) is 0 Å². The van der Waals surface area contributed by atoms with Gasteiger partial charge in [0.1, 0.15) is 18.5 Å². The second kappa shape index (κ2) is 11.2. The van der Waals surface area contributed by atoms with E-state index >= 15 is 0 Å². The molecule has 1 N–H and O–H groups in total. The highest BCUT2D eigenvalue weighted by Gasteiger charge is 2.51. The van der Waals surface area contributed by atoms with E-state index < -0.39 is 54.5 Å². The van der Waals surface area contributed by atoms with E-state index in [4.69, 9.17) is 23.7 Å². The minimum Gasteiger partial charge on any atom is -0.508 e. The maximum atomic E-state index is 11.8. The molecule has 0 aromatic heterocycles. The highest BCUT2D eigenvalue weighted by molar-refractivity contribution is 5.80. The first-order valence-electron chi connectivity index (χ1n) is 9.69. The zero-order valence-corrected chi connectivity index (χ0v) is 18.0. The Labute approximate surface area is 184 Å². The summed E-state index contributed by atoms with van der Waals surface area (Å²) >= 11 is 0. The molecule has 1 aliphatic heterocycles. The Morgan fingerprint density at radius 3 is 2.00 bits per heavy atom. The van der Waals surface area contributed by atoms with Crippen molar-refractivity contribution in [3.05, 3.63) is 29.8 Å². The fourth-order valence-corrected chi connectivity index (χ4v) is 3.04. The molecule has 1 aromatic rings. The Kier molecular flexibility index (Phi) is 8.71. The lowest BCUT2D eigenvalue weighted by atomic mass is 9.96. The van der Waals surface area contributed by atoms with E-state index in [1.807, 2.05) is 0 Å². The van der Waals surface area contributed by atoms with Gasteiger partial charge in [-0.1, -0.05) is 0 Å². The minimum absolute atomic E-state index is 0.0574. The van der Waals surface area contributed by atoms with Gasteiger partial charge in [-0.25, -0.2) is 0 Å². The molecule has 11 nitrogen and oxygen atoms in total. The van der Waals surface area contributed by atoms with Gasteiger partial charge in [-0.05, 0) is 29.8 Å². The molecule has 1 fully saturated rings. The third kappa shape index (κ3) is 7.34. The second-order valence-corrected chi connectivity index (χ2v) is 6.96. The minimum atomic E-state index is -1.34. The highest BCUT2D eigenvalue weighted by Crippen LogP contribution is 2.30. The normalized spacial score (nSPS) is 25.1. The first kappa shape index (κ1) is 24.8. The Balaban J connectivity index is 2.45. The molecule has 1 aliphatic rings. The van der Waals surface area contributed by atoms with Crippen LogP contribution in [0.25, 0.3) is 0 Å².